The summed E-state index contributed by atoms with van der Waals surface area (Å²) in [5.74, 6) is -2.65. The van der Waals surface area contributed by atoms with Gasteiger partial charge in [0.25, 0.3) is 5.56 Å². The van der Waals surface area contributed by atoms with E-state index in [0.717, 1.165) is 28.8 Å². The fourth-order valence-electron chi connectivity index (χ4n) is 2.54. The summed E-state index contributed by atoms with van der Waals surface area (Å²) in [4.78, 5) is 24.1. The van der Waals surface area contributed by atoms with Crippen molar-refractivity contribution in [1.82, 2.24) is 9.78 Å². The number of benzene rings is 2. The van der Waals surface area contributed by atoms with Crippen LogP contribution in [0.3, 0.4) is 0 Å². The zero-order chi connectivity index (χ0) is 19.4. The van der Waals surface area contributed by atoms with Crippen LogP contribution in [0, 0.1) is 11.6 Å². The number of carbonyl (C=O) groups is 1. The molecular weight excluding hydrogens is 352 g/mol. The molecule has 1 heterocycles. The van der Waals surface area contributed by atoms with Crippen molar-refractivity contribution in [2.24, 2.45) is 0 Å². The molecule has 0 fully saturated rings. The molecule has 1 aromatic heterocycles. The smallest absolute Gasteiger partial charge is 0.267 e. The molecule has 0 radical (unpaired) electrons. The Kier molecular flexibility index (Phi) is 5.40. The van der Waals surface area contributed by atoms with Crippen LogP contribution in [0.5, 0.6) is 0 Å². The zero-order valence-corrected chi connectivity index (χ0v) is 14.6. The summed E-state index contributed by atoms with van der Waals surface area (Å²) in [7, 11) is 0. The Morgan fingerprint density at radius 1 is 1.04 bits per heavy atom. The van der Waals surface area contributed by atoms with Gasteiger partial charge in [-0.3, -0.25) is 9.59 Å². The summed E-state index contributed by atoms with van der Waals surface area (Å²) < 4.78 is 27.2. The summed E-state index contributed by atoms with van der Waals surface area (Å²) >= 11 is 0. The number of carbonyl (C=O) groups excluding carboxylic acids is 1. The largest absolute Gasteiger partial charge is 0.324 e. The van der Waals surface area contributed by atoms with Crippen molar-refractivity contribution >= 4 is 11.6 Å². The van der Waals surface area contributed by atoms with Gasteiger partial charge in [0.15, 0.2) is 11.6 Å². The van der Waals surface area contributed by atoms with Gasteiger partial charge in [0.2, 0.25) is 5.91 Å². The molecular formula is C20H17F2N3O2. The zero-order valence-electron chi connectivity index (χ0n) is 14.6. The van der Waals surface area contributed by atoms with Crippen molar-refractivity contribution < 1.29 is 13.6 Å². The van der Waals surface area contributed by atoms with Gasteiger partial charge in [-0.15, -0.1) is 0 Å². The van der Waals surface area contributed by atoms with Crippen LogP contribution < -0.4 is 10.9 Å². The Balaban J connectivity index is 1.78. The number of halogens is 2. The molecule has 2 aromatic carbocycles. The van der Waals surface area contributed by atoms with Gasteiger partial charge in [-0.1, -0.05) is 31.2 Å². The maximum atomic E-state index is 13.2. The number of anilines is 1. The maximum Gasteiger partial charge on any atom is 0.267 e. The van der Waals surface area contributed by atoms with Crippen molar-refractivity contribution in [3.63, 3.8) is 0 Å². The van der Waals surface area contributed by atoms with E-state index in [2.05, 4.69) is 17.3 Å². The molecule has 27 heavy (non-hydrogen) atoms. The molecule has 1 amide bonds. The van der Waals surface area contributed by atoms with Gasteiger partial charge in [-0.25, -0.2) is 13.5 Å². The third-order valence-electron chi connectivity index (χ3n) is 4.02. The molecule has 0 spiro atoms. The molecule has 0 aliphatic rings. The summed E-state index contributed by atoms with van der Waals surface area (Å²) in [6.45, 7) is 1.71. The van der Waals surface area contributed by atoms with Crippen molar-refractivity contribution in [1.29, 1.82) is 0 Å². The SMILES string of the molecule is CCc1ccc(-c2ccc(=O)n(CC(=O)Nc3ccc(F)c(F)c3)n2)cc1. The highest BCUT2D eigenvalue weighted by atomic mass is 19.2. The van der Waals surface area contributed by atoms with Gasteiger partial charge in [-0.05, 0) is 30.2 Å². The minimum absolute atomic E-state index is 0.0956. The molecule has 0 saturated heterocycles. The minimum atomic E-state index is -1.07. The number of aromatic nitrogens is 2. The first-order valence-corrected chi connectivity index (χ1v) is 8.38. The van der Waals surface area contributed by atoms with E-state index in [1.54, 1.807) is 6.07 Å². The van der Waals surface area contributed by atoms with Crippen molar-refractivity contribution in [2.75, 3.05) is 5.32 Å². The summed E-state index contributed by atoms with van der Waals surface area (Å²) in [6.07, 6.45) is 0.914. The monoisotopic (exact) mass is 369 g/mol. The Bertz CT molecular complexity index is 1030. The average molecular weight is 369 g/mol. The summed E-state index contributed by atoms with van der Waals surface area (Å²) in [5, 5.41) is 6.64. The van der Waals surface area contributed by atoms with Crippen LogP contribution in [-0.2, 0) is 17.8 Å². The highest BCUT2D eigenvalue weighted by Crippen LogP contribution is 2.17. The van der Waals surface area contributed by atoms with E-state index in [-0.39, 0.29) is 12.2 Å². The number of nitrogens with one attached hydrogen (secondary N) is 1. The molecule has 0 aliphatic carbocycles. The quantitative estimate of drug-likeness (QED) is 0.750. The lowest BCUT2D eigenvalue weighted by molar-refractivity contribution is -0.117. The number of rotatable bonds is 5. The second-order valence-electron chi connectivity index (χ2n) is 5.94. The first-order valence-electron chi connectivity index (χ1n) is 8.38. The molecule has 0 aliphatic heterocycles. The number of hydrogen-bond acceptors (Lipinski definition) is 3. The molecule has 0 saturated carbocycles. The van der Waals surface area contributed by atoms with Gasteiger partial charge in [-0.2, -0.15) is 5.10 Å². The van der Waals surface area contributed by atoms with E-state index in [9.17, 15) is 18.4 Å². The van der Waals surface area contributed by atoms with Gasteiger partial charge in [0.1, 0.15) is 6.54 Å². The molecule has 5 nitrogen and oxygen atoms in total. The average Bonchev–Trinajstić information content (AvgIpc) is 2.66. The highest BCUT2D eigenvalue weighted by molar-refractivity contribution is 5.90. The molecule has 0 unspecified atom stereocenters. The van der Waals surface area contributed by atoms with E-state index >= 15 is 0 Å². The molecule has 3 rings (SSSR count). The van der Waals surface area contributed by atoms with E-state index in [4.69, 9.17) is 0 Å². The summed E-state index contributed by atoms with van der Waals surface area (Å²) in [5.41, 5.74) is 2.21. The van der Waals surface area contributed by atoms with Crippen molar-refractivity contribution in [2.45, 2.75) is 19.9 Å². The number of hydrogen-bond donors (Lipinski definition) is 1. The fraction of sp³-hybridized carbons (Fsp3) is 0.150. The van der Waals surface area contributed by atoms with Crippen molar-refractivity contribution in [3.05, 3.63) is 82.1 Å². The molecule has 1 N–H and O–H groups in total. The Morgan fingerprint density at radius 3 is 2.44 bits per heavy atom. The third-order valence-corrected chi connectivity index (χ3v) is 4.02. The normalized spacial score (nSPS) is 10.6. The van der Waals surface area contributed by atoms with Crippen LogP contribution in [0.15, 0.2) is 59.4 Å². The van der Waals surface area contributed by atoms with Crippen LogP contribution in [0.4, 0.5) is 14.5 Å². The van der Waals surface area contributed by atoms with Gasteiger partial charge in [0, 0.05) is 23.4 Å². The minimum Gasteiger partial charge on any atom is -0.324 e. The number of nitrogens with zero attached hydrogens (tertiary/aromatic N) is 2. The highest BCUT2D eigenvalue weighted by Gasteiger charge is 2.10. The Morgan fingerprint density at radius 2 is 1.78 bits per heavy atom. The third kappa shape index (κ3) is 4.44. The predicted octanol–water partition coefficient (Wildman–Crippen LogP) is 3.39. The van der Waals surface area contributed by atoms with E-state index in [1.807, 2.05) is 24.3 Å². The van der Waals surface area contributed by atoms with Crippen LogP contribution in [0.1, 0.15) is 12.5 Å². The second kappa shape index (κ2) is 7.90. The van der Waals surface area contributed by atoms with E-state index in [1.165, 1.54) is 17.7 Å². The Labute approximate surface area is 154 Å². The predicted molar refractivity (Wildman–Crippen MR) is 98.3 cm³/mol. The van der Waals surface area contributed by atoms with Gasteiger partial charge in [0.05, 0.1) is 5.69 Å². The van der Waals surface area contributed by atoms with Gasteiger partial charge >= 0.3 is 0 Å². The lowest BCUT2D eigenvalue weighted by Crippen LogP contribution is -2.29. The molecule has 138 valence electrons. The molecule has 0 atom stereocenters. The molecule has 7 heteroatoms. The first-order chi connectivity index (χ1) is 13.0. The van der Waals surface area contributed by atoms with E-state index < -0.39 is 23.1 Å². The molecule has 0 bridgehead atoms. The van der Waals surface area contributed by atoms with Crippen LogP contribution in [-0.4, -0.2) is 15.7 Å². The summed E-state index contributed by atoms with van der Waals surface area (Å²) in [6, 6.07) is 13.7. The number of amides is 1. The number of aryl methyl sites for hydroxylation is 1. The van der Waals surface area contributed by atoms with Crippen LogP contribution in [0.2, 0.25) is 0 Å². The molecule has 3 aromatic rings. The first kappa shape index (κ1) is 18.4. The van der Waals surface area contributed by atoms with E-state index in [0.29, 0.717) is 5.69 Å². The van der Waals surface area contributed by atoms with Crippen LogP contribution >= 0.6 is 0 Å². The topological polar surface area (TPSA) is 64.0 Å². The fourth-order valence-corrected chi connectivity index (χ4v) is 2.54. The Hall–Kier alpha value is -3.35. The maximum absolute atomic E-state index is 13.2. The second-order valence-corrected chi connectivity index (χ2v) is 5.94. The van der Waals surface area contributed by atoms with Crippen LogP contribution in [0.25, 0.3) is 11.3 Å². The van der Waals surface area contributed by atoms with Gasteiger partial charge < -0.3 is 5.32 Å². The lowest BCUT2D eigenvalue weighted by atomic mass is 10.1. The van der Waals surface area contributed by atoms with Crippen molar-refractivity contribution in [3.8, 4) is 11.3 Å². The lowest BCUT2D eigenvalue weighted by Gasteiger charge is -2.09. The standard InChI is InChI=1S/C20H17F2N3O2/c1-2-13-3-5-14(6-4-13)18-9-10-20(27)25(24-18)12-19(26)23-15-7-8-16(21)17(22)11-15/h3-11H,2,12H2,1H3,(H,23,26).